The molecule has 0 aromatic carbocycles. The molecule has 100 valence electrons. The van der Waals surface area contributed by atoms with Gasteiger partial charge < -0.3 is 4.74 Å². The first kappa shape index (κ1) is 18.6. The number of hydrogen-bond acceptors (Lipinski definition) is 2. The molecule has 0 fully saturated rings. The van der Waals surface area contributed by atoms with Crippen LogP contribution in [0.1, 0.15) is 39.0 Å². The van der Waals surface area contributed by atoms with Gasteiger partial charge in [-0.05, 0) is 25.8 Å². The fourth-order valence-electron chi connectivity index (χ4n) is 1.42. The summed E-state index contributed by atoms with van der Waals surface area (Å²) in [5.74, 6) is -0.312. The number of carbonyl (C=O) groups is 1. The molecule has 0 spiro atoms. The van der Waals surface area contributed by atoms with Gasteiger partial charge in [0.1, 0.15) is 0 Å². The predicted octanol–water partition coefficient (Wildman–Crippen LogP) is 5.30. The molecule has 0 aliphatic carbocycles. The Morgan fingerprint density at radius 1 is 1.29 bits per heavy atom. The van der Waals surface area contributed by atoms with Crippen LogP contribution in [0, 0.1) is 0 Å². The highest BCUT2D eigenvalue weighted by molar-refractivity contribution is 14.4. The van der Waals surface area contributed by atoms with Crippen LogP contribution in [0.4, 0.5) is 0 Å². The quantitative estimate of drug-likeness (QED) is 0.0909. The fourth-order valence-corrected chi connectivity index (χ4v) is 5.50. The molecule has 0 aromatic rings. The monoisotopic (exact) mass is 592 g/mol. The summed E-state index contributed by atoms with van der Waals surface area (Å²) in [5, 5.41) is 0. The Balaban J connectivity index is 3.39. The summed E-state index contributed by atoms with van der Waals surface area (Å²) in [6.07, 6.45) is 7.22. The molecule has 0 rings (SSSR count). The van der Waals surface area contributed by atoms with Gasteiger partial charge in [-0.3, -0.25) is 0 Å². The first-order valence-electron chi connectivity index (χ1n) is 5.75. The van der Waals surface area contributed by atoms with Crippen LogP contribution in [-0.4, -0.2) is 12.6 Å². The van der Waals surface area contributed by atoms with E-state index in [1.54, 1.807) is 0 Å². The first-order valence-corrected chi connectivity index (χ1v) is 17.3. The van der Waals surface area contributed by atoms with Crippen LogP contribution in [0.5, 0.6) is 0 Å². The minimum atomic E-state index is -0.936. The summed E-state index contributed by atoms with van der Waals surface area (Å²) in [6, 6.07) is 1.38. The van der Waals surface area contributed by atoms with Crippen LogP contribution >= 0.6 is 65.4 Å². The lowest BCUT2D eigenvalue weighted by Crippen LogP contribution is -2.12. The summed E-state index contributed by atoms with van der Waals surface area (Å²) in [7, 11) is 0. The maximum Gasteiger partial charge on any atom is 0.330 e. The van der Waals surface area contributed by atoms with Crippen LogP contribution in [0.25, 0.3) is 0 Å². The van der Waals surface area contributed by atoms with Crippen LogP contribution < -0.4 is 0 Å². The molecule has 0 bridgehead atoms. The number of rotatable bonds is 9. The number of carbonyl (C=O) groups excluding carboxylic acids is 1. The summed E-state index contributed by atoms with van der Waals surface area (Å²) >= 11 is 7.83. The van der Waals surface area contributed by atoms with Gasteiger partial charge in [-0.25, -0.2) is 4.79 Å². The van der Waals surface area contributed by atoms with Crippen molar-refractivity contribution in [1.82, 2.24) is 0 Å². The number of halogens is 3. The van der Waals surface area contributed by atoms with E-state index in [1.165, 1.54) is 31.4 Å². The number of hydrogen-bond donors (Lipinski definition) is 0. The molecule has 2 nitrogen and oxygen atoms in total. The van der Waals surface area contributed by atoms with Crippen molar-refractivity contribution in [2.24, 2.45) is 0 Å². The van der Waals surface area contributed by atoms with Gasteiger partial charge >= 0.3 is 5.97 Å². The van der Waals surface area contributed by atoms with E-state index in [0.717, 1.165) is 12.8 Å². The van der Waals surface area contributed by atoms with Crippen LogP contribution in [0.3, 0.4) is 0 Å². The Morgan fingerprint density at radius 2 is 1.88 bits per heavy atom. The van der Waals surface area contributed by atoms with Gasteiger partial charge in [0.05, 0.1) is 6.10 Å². The molecular weight excluding hydrogens is 573 g/mol. The molecule has 0 aliphatic heterocycles. The maximum absolute atomic E-state index is 10.9. The zero-order valence-corrected chi connectivity index (χ0v) is 17.5. The lowest BCUT2D eigenvalue weighted by atomic mass is 10.1. The Labute approximate surface area is 143 Å². The molecule has 1 atom stereocenters. The average Bonchev–Trinajstić information content (AvgIpc) is 2.21. The highest BCUT2D eigenvalue weighted by Gasteiger charge is 2.20. The molecule has 0 saturated heterocycles. The average molecular weight is 592 g/mol. The van der Waals surface area contributed by atoms with Crippen molar-refractivity contribution < 1.29 is 9.53 Å². The molecule has 1 unspecified atom stereocenters. The molecule has 0 heterocycles. The van der Waals surface area contributed by atoms with E-state index in [-0.39, 0.29) is 12.1 Å². The van der Waals surface area contributed by atoms with Gasteiger partial charge in [-0.1, -0.05) is 91.2 Å². The molecular formula is C11H19I3O2Si. The predicted molar refractivity (Wildman–Crippen MR) is 101 cm³/mol. The van der Waals surface area contributed by atoms with Gasteiger partial charge in [-0.15, -0.1) is 0 Å². The topological polar surface area (TPSA) is 26.3 Å². The van der Waals surface area contributed by atoms with Crippen molar-refractivity contribution in [3.8, 4) is 0 Å². The summed E-state index contributed by atoms with van der Waals surface area (Å²) in [4.78, 5) is 10.9. The van der Waals surface area contributed by atoms with E-state index < -0.39 is 0.564 Å². The highest BCUT2D eigenvalue weighted by Crippen LogP contribution is 2.35. The first-order chi connectivity index (χ1) is 7.85. The Hall–Kier alpha value is 1.62. The number of unbranched alkanes of at least 4 members (excludes halogenated alkanes) is 3. The molecule has 0 aliphatic rings. The van der Waals surface area contributed by atoms with Gasteiger partial charge in [0.2, 0.25) is 0 Å². The van der Waals surface area contributed by atoms with Crippen molar-refractivity contribution in [3.05, 3.63) is 12.7 Å². The fraction of sp³-hybridized carbons (Fsp3) is 0.727. The smallest absolute Gasteiger partial charge is 0.330 e. The van der Waals surface area contributed by atoms with Crippen molar-refractivity contribution in [1.29, 1.82) is 0 Å². The SMILES string of the molecule is C=CC(=O)OC(C)CCCCCC[Si](I)(I)I. The largest absolute Gasteiger partial charge is 0.460 e. The van der Waals surface area contributed by atoms with E-state index in [9.17, 15) is 4.79 Å². The summed E-state index contributed by atoms with van der Waals surface area (Å²) in [6.45, 7) is 5.33. The number of ether oxygens (including phenoxy) is 1. The van der Waals surface area contributed by atoms with Crippen molar-refractivity contribution in [2.75, 3.05) is 0 Å². The van der Waals surface area contributed by atoms with Crippen LogP contribution in [0.15, 0.2) is 12.7 Å². The summed E-state index contributed by atoms with van der Waals surface area (Å²) in [5.41, 5.74) is 0. The lowest BCUT2D eigenvalue weighted by Gasteiger charge is -2.12. The standard InChI is InChI=1S/C11H19I3O2Si/c1-3-11(15)16-10(2)8-6-4-5-7-9-17(12,13)14/h3,10H,1,4-9H2,2H3. The van der Waals surface area contributed by atoms with E-state index in [4.69, 9.17) is 4.74 Å². The second kappa shape index (κ2) is 10.4. The summed E-state index contributed by atoms with van der Waals surface area (Å²) < 4.78 is 4.17. The third-order valence-electron chi connectivity index (χ3n) is 2.30. The zero-order chi connectivity index (χ0) is 13.3. The molecule has 0 amide bonds. The lowest BCUT2D eigenvalue weighted by molar-refractivity contribution is -0.142. The van der Waals surface area contributed by atoms with Gasteiger partial charge in [0, 0.05) is 6.08 Å². The van der Waals surface area contributed by atoms with E-state index >= 15 is 0 Å². The van der Waals surface area contributed by atoms with Crippen molar-refractivity contribution in [3.63, 3.8) is 0 Å². The van der Waals surface area contributed by atoms with Gasteiger partial charge in [-0.2, -0.15) is 0 Å². The molecule has 6 heteroatoms. The van der Waals surface area contributed by atoms with E-state index in [1.807, 2.05) is 6.92 Å². The highest BCUT2D eigenvalue weighted by atomic mass is 127. The Bertz CT molecular complexity index is 241. The minimum Gasteiger partial charge on any atom is -0.460 e. The van der Waals surface area contributed by atoms with Crippen molar-refractivity contribution in [2.45, 2.75) is 51.2 Å². The normalized spacial score (nSPS) is 13.2. The van der Waals surface area contributed by atoms with Crippen LogP contribution in [0.2, 0.25) is 6.04 Å². The van der Waals surface area contributed by atoms with Crippen molar-refractivity contribution >= 4 is 71.9 Å². The van der Waals surface area contributed by atoms with E-state index in [0.29, 0.717) is 0 Å². The Morgan fingerprint density at radius 3 is 2.41 bits per heavy atom. The molecule has 0 aromatic heterocycles. The second-order valence-electron chi connectivity index (χ2n) is 4.02. The third kappa shape index (κ3) is 13.8. The number of esters is 1. The van der Waals surface area contributed by atoms with E-state index in [2.05, 4.69) is 72.0 Å². The molecule has 0 N–H and O–H groups in total. The molecule has 0 radical (unpaired) electrons. The third-order valence-corrected chi connectivity index (χ3v) is 8.08. The van der Waals surface area contributed by atoms with Gasteiger partial charge in [0.15, 0.2) is 0 Å². The van der Waals surface area contributed by atoms with Crippen LogP contribution in [-0.2, 0) is 9.53 Å². The zero-order valence-electron chi connectivity index (χ0n) is 10.1. The maximum atomic E-state index is 10.9. The molecule has 0 saturated carbocycles. The molecule has 17 heavy (non-hydrogen) atoms. The minimum absolute atomic E-state index is 0.0210. The second-order valence-corrected chi connectivity index (χ2v) is 40.9. The van der Waals surface area contributed by atoms with Gasteiger partial charge in [0.25, 0.3) is 0.564 Å². The Kier molecular flexibility index (Phi) is 11.4.